The number of carbonyl (C=O) groups is 1. The Hall–Kier alpha value is -1.83. The van der Waals surface area contributed by atoms with E-state index in [1.54, 1.807) is 6.07 Å². The number of aryl methyl sites for hydroxylation is 2. The highest BCUT2D eigenvalue weighted by Crippen LogP contribution is 2.22. The maximum absolute atomic E-state index is 12.3. The van der Waals surface area contributed by atoms with Gasteiger partial charge in [-0.3, -0.25) is 10.2 Å². The molecule has 1 atom stereocenters. The van der Waals surface area contributed by atoms with E-state index in [1.165, 1.54) is 4.90 Å². The second-order valence-corrected chi connectivity index (χ2v) is 6.01. The first-order valence-electron chi connectivity index (χ1n) is 7.50. The van der Waals surface area contributed by atoms with Crippen molar-refractivity contribution in [2.24, 2.45) is 5.92 Å². The van der Waals surface area contributed by atoms with Gasteiger partial charge in [-0.1, -0.05) is 0 Å². The number of urea groups is 1. The van der Waals surface area contributed by atoms with E-state index in [-0.39, 0.29) is 5.92 Å². The van der Waals surface area contributed by atoms with E-state index in [0.29, 0.717) is 31.9 Å². The van der Waals surface area contributed by atoms with Crippen molar-refractivity contribution in [3.63, 3.8) is 0 Å². The third kappa shape index (κ3) is 6.05. The van der Waals surface area contributed by atoms with Crippen molar-refractivity contribution < 1.29 is 18.0 Å². The Bertz CT molecular complexity index is 542. The number of alkyl halides is 3. The van der Waals surface area contributed by atoms with E-state index in [9.17, 15) is 18.0 Å². The molecule has 0 spiro atoms. The van der Waals surface area contributed by atoms with Gasteiger partial charge in [0.15, 0.2) is 0 Å². The molecule has 0 saturated carbocycles. The summed E-state index contributed by atoms with van der Waals surface area (Å²) in [6.07, 6.45) is -3.52. The van der Waals surface area contributed by atoms with Crippen LogP contribution in [0.1, 0.15) is 17.7 Å². The Morgan fingerprint density at radius 1 is 1.39 bits per heavy atom. The number of anilines is 1. The quantitative estimate of drug-likeness (QED) is 0.892. The molecule has 1 fully saturated rings. The molecule has 128 valence electrons. The number of rotatable bonds is 4. The van der Waals surface area contributed by atoms with E-state index < -0.39 is 18.8 Å². The maximum Gasteiger partial charge on any atom is 0.401 e. The van der Waals surface area contributed by atoms with Gasteiger partial charge in [0.25, 0.3) is 0 Å². The molecule has 0 aliphatic carbocycles. The predicted octanol–water partition coefficient (Wildman–Crippen LogP) is 2.70. The topological polar surface area (TPSA) is 57.3 Å². The third-order valence-corrected chi connectivity index (χ3v) is 3.66. The largest absolute Gasteiger partial charge is 0.401 e. The summed E-state index contributed by atoms with van der Waals surface area (Å²) in [6, 6.07) is 3.26. The minimum absolute atomic E-state index is 0.0373. The Morgan fingerprint density at radius 3 is 2.78 bits per heavy atom. The molecular formula is C15H21F3N4O. The van der Waals surface area contributed by atoms with E-state index in [2.05, 4.69) is 15.6 Å². The number of nitrogens with one attached hydrogen (secondary N) is 2. The molecule has 0 bridgehead atoms. The summed E-state index contributed by atoms with van der Waals surface area (Å²) in [4.78, 5) is 17.4. The van der Waals surface area contributed by atoms with Gasteiger partial charge in [-0.25, -0.2) is 9.78 Å². The molecule has 1 aromatic heterocycles. The molecule has 1 saturated heterocycles. The molecule has 2 amide bonds. The molecule has 0 radical (unpaired) electrons. The van der Waals surface area contributed by atoms with Gasteiger partial charge >= 0.3 is 12.2 Å². The van der Waals surface area contributed by atoms with Gasteiger partial charge in [0.2, 0.25) is 0 Å². The first-order chi connectivity index (χ1) is 10.7. The molecule has 5 nitrogen and oxygen atoms in total. The van der Waals surface area contributed by atoms with Crippen molar-refractivity contribution in [3.05, 3.63) is 23.4 Å². The summed E-state index contributed by atoms with van der Waals surface area (Å²) in [5.74, 6) is 0.500. The summed E-state index contributed by atoms with van der Waals surface area (Å²) in [7, 11) is 0. The molecule has 1 aliphatic rings. The van der Waals surface area contributed by atoms with Gasteiger partial charge in [-0.2, -0.15) is 13.2 Å². The van der Waals surface area contributed by atoms with Crippen LogP contribution in [0.25, 0.3) is 0 Å². The summed E-state index contributed by atoms with van der Waals surface area (Å²) in [5, 5.41) is 5.34. The van der Waals surface area contributed by atoms with Crippen LogP contribution in [0.15, 0.2) is 12.1 Å². The molecule has 2 heterocycles. The second-order valence-electron chi connectivity index (χ2n) is 6.01. The summed E-state index contributed by atoms with van der Waals surface area (Å²) in [5.41, 5.74) is 1.80. The fourth-order valence-electron chi connectivity index (χ4n) is 2.78. The lowest BCUT2D eigenvalue weighted by atomic mass is 10.1. The first kappa shape index (κ1) is 17.5. The smallest absolute Gasteiger partial charge is 0.338 e. The lowest BCUT2D eigenvalue weighted by Gasteiger charge is -2.18. The van der Waals surface area contributed by atoms with Crippen LogP contribution in [0.2, 0.25) is 0 Å². The monoisotopic (exact) mass is 330 g/mol. The normalized spacial score (nSPS) is 18.9. The molecule has 8 heteroatoms. The van der Waals surface area contributed by atoms with Crippen LogP contribution in [0.5, 0.6) is 0 Å². The lowest BCUT2D eigenvalue weighted by Crippen LogP contribution is -2.36. The fraction of sp³-hybridized carbons (Fsp3) is 0.600. The number of halogens is 3. The van der Waals surface area contributed by atoms with Gasteiger partial charge < -0.3 is 5.32 Å². The minimum atomic E-state index is -4.17. The average molecular weight is 330 g/mol. The third-order valence-electron chi connectivity index (χ3n) is 3.66. The summed E-state index contributed by atoms with van der Waals surface area (Å²) < 4.78 is 37.0. The van der Waals surface area contributed by atoms with E-state index in [0.717, 1.165) is 11.3 Å². The van der Waals surface area contributed by atoms with Gasteiger partial charge in [0, 0.05) is 18.8 Å². The minimum Gasteiger partial charge on any atom is -0.338 e. The Balaban J connectivity index is 1.75. The highest BCUT2D eigenvalue weighted by molar-refractivity contribution is 5.88. The van der Waals surface area contributed by atoms with Crippen molar-refractivity contribution in [2.75, 3.05) is 31.5 Å². The van der Waals surface area contributed by atoms with E-state index in [4.69, 9.17) is 0 Å². The molecular weight excluding hydrogens is 309 g/mol. The van der Waals surface area contributed by atoms with Gasteiger partial charge in [-0.15, -0.1) is 0 Å². The van der Waals surface area contributed by atoms with Crippen molar-refractivity contribution in [2.45, 2.75) is 26.4 Å². The predicted molar refractivity (Wildman–Crippen MR) is 81.3 cm³/mol. The zero-order chi connectivity index (χ0) is 17.0. The number of hydrogen-bond donors (Lipinski definition) is 2. The molecule has 1 aliphatic heterocycles. The van der Waals surface area contributed by atoms with Gasteiger partial charge in [0.1, 0.15) is 5.82 Å². The number of aromatic nitrogens is 1. The number of amides is 2. The molecule has 2 rings (SSSR count). The van der Waals surface area contributed by atoms with Crippen LogP contribution in [0.4, 0.5) is 23.8 Å². The number of pyridine rings is 1. The zero-order valence-corrected chi connectivity index (χ0v) is 13.2. The van der Waals surface area contributed by atoms with Crippen LogP contribution in [-0.2, 0) is 0 Å². The number of hydrogen-bond acceptors (Lipinski definition) is 3. The SMILES string of the molecule is Cc1cc(C)nc(NC(=O)NC[C@@H]2CCN(CC(F)(F)F)C2)c1. The lowest BCUT2D eigenvalue weighted by molar-refractivity contribution is -0.143. The van der Waals surface area contributed by atoms with Crippen LogP contribution in [0.3, 0.4) is 0 Å². The van der Waals surface area contributed by atoms with Crippen LogP contribution < -0.4 is 10.6 Å². The van der Waals surface area contributed by atoms with Crippen molar-refractivity contribution >= 4 is 11.8 Å². The maximum atomic E-state index is 12.3. The van der Waals surface area contributed by atoms with Gasteiger partial charge in [-0.05, 0) is 50.4 Å². The summed E-state index contributed by atoms with van der Waals surface area (Å²) >= 11 is 0. The van der Waals surface area contributed by atoms with E-state index in [1.807, 2.05) is 19.9 Å². The second kappa shape index (κ2) is 7.16. The van der Waals surface area contributed by atoms with Gasteiger partial charge in [0.05, 0.1) is 6.54 Å². The van der Waals surface area contributed by atoms with Crippen molar-refractivity contribution in [1.82, 2.24) is 15.2 Å². The van der Waals surface area contributed by atoms with E-state index >= 15 is 0 Å². The highest BCUT2D eigenvalue weighted by atomic mass is 19.4. The standard InChI is InChI=1S/C15H21F3N4O/c1-10-5-11(2)20-13(6-10)21-14(23)19-7-12-3-4-22(8-12)9-15(16,17)18/h5-6,12H,3-4,7-9H2,1-2H3,(H2,19,20,21,23)/t12-/m0/s1. The molecule has 23 heavy (non-hydrogen) atoms. The Kier molecular flexibility index (Phi) is 5.46. The average Bonchev–Trinajstić information content (AvgIpc) is 2.80. The Morgan fingerprint density at radius 2 is 2.13 bits per heavy atom. The number of carbonyl (C=O) groups excluding carboxylic acids is 1. The number of likely N-dealkylation sites (tertiary alicyclic amines) is 1. The van der Waals surface area contributed by atoms with Crippen LogP contribution in [0, 0.1) is 19.8 Å². The van der Waals surface area contributed by atoms with Crippen molar-refractivity contribution in [3.8, 4) is 0 Å². The molecule has 0 aromatic carbocycles. The zero-order valence-electron chi connectivity index (χ0n) is 13.2. The highest BCUT2D eigenvalue weighted by Gasteiger charge is 2.34. The molecule has 0 unspecified atom stereocenters. The van der Waals surface area contributed by atoms with Crippen LogP contribution >= 0.6 is 0 Å². The molecule has 2 N–H and O–H groups in total. The number of nitrogens with zero attached hydrogens (tertiary/aromatic N) is 2. The van der Waals surface area contributed by atoms with Crippen LogP contribution in [-0.4, -0.2) is 48.3 Å². The first-order valence-corrected chi connectivity index (χ1v) is 7.50. The fourth-order valence-corrected chi connectivity index (χ4v) is 2.78. The van der Waals surface area contributed by atoms with Crippen molar-refractivity contribution in [1.29, 1.82) is 0 Å². The Labute approximate surface area is 133 Å². The molecule has 1 aromatic rings. The summed E-state index contributed by atoms with van der Waals surface area (Å²) in [6.45, 7) is 3.97.